The molecule has 1 fully saturated rings. The number of amides is 2. The molecule has 1 N–H and O–H groups in total. The molecule has 1 saturated heterocycles. The van der Waals surface area contributed by atoms with Gasteiger partial charge in [-0.3, -0.25) is 9.59 Å². The molecule has 1 aliphatic heterocycles. The number of carbonyl (C=O) groups is 2. The van der Waals surface area contributed by atoms with Gasteiger partial charge in [0.2, 0.25) is 11.8 Å². The molecule has 3 aromatic rings. The van der Waals surface area contributed by atoms with Crippen molar-refractivity contribution >= 4 is 11.8 Å². The summed E-state index contributed by atoms with van der Waals surface area (Å²) in [6, 6.07) is 7.61. The fraction of sp³-hybridized carbons (Fsp3) is 0.263. The Morgan fingerprint density at radius 3 is 2.86 bits per heavy atom. The summed E-state index contributed by atoms with van der Waals surface area (Å²) in [7, 11) is 0. The van der Waals surface area contributed by atoms with Gasteiger partial charge in [0.05, 0.1) is 18.4 Å². The van der Waals surface area contributed by atoms with Gasteiger partial charge in [-0.15, -0.1) is 0 Å². The van der Waals surface area contributed by atoms with E-state index < -0.39 is 0 Å². The van der Waals surface area contributed by atoms with E-state index in [1.807, 2.05) is 0 Å². The van der Waals surface area contributed by atoms with Gasteiger partial charge in [0.25, 0.3) is 5.91 Å². The van der Waals surface area contributed by atoms with Gasteiger partial charge >= 0.3 is 0 Å². The van der Waals surface area contributed by atoms with Gasteiger partial charge in [0, 0.05) is 25.4 Å². The molecule has 0 bridgehead atoms. The Balaban J connectivity index is 1.34. The number of nitrogens with zero attached hydrogens (tertiary/aromatic N) is 3. The van der Waals surface area contributed by atoms with E-state index in [-0.39, 0.29) is 42.4 Å². The topological polar surface area (TPSA) is 101 Å². The first kappa shape index (κ1) is 17.9. The minimum Gasteiger partial charge on any atom is -0.472 e. The third-order valence-corrected chi connectivity index (χ3v) is 4.53. The molecular formula is C19H17FN4O4. The summed E-state index contributed by atoms with van der Waals surface area (Å²) < 4.78 is 23.1. The highest BCUT2D eigenvalue weighted by atomic mass is 19.1. The van der Waals surface area contributed by atoms with Gasteiger partial charge in [-0.2, -0.15) is 4.98 Å². The number of rotatable bonds is 6. The van der Waals surface area contributed by atoms with Crippen molar-refractivity contribution in [1.29, 1.82) is 0 Å². The molecule has 2 amide bonds. The summed E-state index contributed by atoms with van der Waals surface area (Å²) in [5.41, 5.74) is 1.25. The maximum absolute atomic E-state index is 13.0. The Hall–Kier alpha value is -3.49. The highest BCUT2D eigenvalue weighted by Gasteiger charge is 2.33. The average molecular weight is 384 g/mol. The SMILES string of the molecule is O=C(NCc1nc(C2CC(=O)N(Cc3ccc(F)cc3)C2)no1)c1ccoc1. The monoisotopic (exact) mass is 384 g/mol. The number of benzene rings is 1. The predicted molar refractivity (Wildman–Crippen MR) is 93.4 cm³/mol. The lowest BCUT2D eigenvalue weighted by molar-refractivity contribution is -0.128. The molecule has 28 heavy (non-hydrogen) atoms. The van der Waals surface area contributed by atoms with Crippen molar-refractivity contribution in [2.45, 2.75) is 25.4 Å². The van der Waals surface area contributed by atoms with Crippen molar-refractivity contribution in [1.82, 2.24) is 20.4 Å². The van der Waals surface area contributed by atoms with Crippen LogP contribution in [0.3, 0.4) is 0 Å². The fourth-order valence-corrected chi connectivity index (χ4v) is 3.07. The molecule has 0 aliphatic carbocycles. The highest BCUT2D eigenvalue weighted by molar-refractivity contribution is 5.93. The normalized spacial score (nSPS) is 16.5. The van der Waals surface area contributed by atoms with Crippen LogP contribution in [-0.2, 0) is 17.9 Å². The number of carbonyl (C=O) groups excluding carboxylic acids is 2. The summed E-state index contributed by atoms with van der Waals surface area (Å²) >= 11 is 0. The third kappa shape index (κ3) is 3.93. The second-order valence-corrected chi connectivity index (χ2v) is 6.54. The zero-order valence-electron chi connectivity index (χ0n) is 14.8. The summed E-state index contributed by atoms with van der Waals surface area (Å²) in [5.74, 6) is -0.133. The molecule has 3 heterocycles. The average Bonchev–Trinajstić information content (AvgIpc) is 3.43. The van der Waals surface area contributed by atoms with E-state index >= 15 is 0 Å². The van der Waals surface area contributed by atoms with E-state index in [0.29, 0.717) is 24.5 Å². The smallest absolute Gasteiger partial charge is 0.254 e. The summed E-state index contributed by atoms with van der Waals surface area (Å²) in [4.78, 5) is 30.1. The van der Waals surface area contributed by atoms with E-state index in [1.54, 1.807) is 23.1 Å². The lowest BCUT2D eigenvalue weighted by atomic mass is 10.1. The van der Waals surface area contributed by atoms with Crippen molar-refractivity contribution in [2.75, 3.05) is 6.54 Å². The van der Waals surface area contributed by atoms with Crippen LogP contribution >= 0.6 is 0 Å². The molecule has 144 valence electrons. The maximum atomic E-state index is 13.0. The van der Waals surface area contributed by atoms with Gasteiger partial charge in [0.15, 0.2) is 5.82 Å². The first-order valence-corrected chi connectivity index (χ1v) is 8.73. The Labute approximate surface area is 159 Å². The molecule has 9 heteroatoms. The number of aromatic nitrogens is 2. The summed E-state index contributed by atoms with van der Waals surface area (Å²) in [5, 5.41) is 6.60. The molecule has 1 aliphatic rings. The third-order valence-electron chi connectivity index (χ3n) is 4.53. The van der Waals surface area contributed by atoms with E-state index in [9.17, 15) is 14.0 Å². The van der Waals surface area contributed by atoms with Crippen LogP contribution in [0.1, 0.15) is 40.0 Å². The molecule has 1 unspecified atom stereocenters. The lowest BCUT2D eigenvalue weighted by Gasteiger charge is -2.16. The van der Waals surface area contributed by atoms with E-state index in [0.717, 1.165) is 5.56 Å². The Morgan fingerprint density at radius 1 is 1.29 bits per heavy atom. The molecule has 0 radical (unpaired) electrons. The number of hydrogen-bond donors (Lipinski definition) is 1. The molecule has 0 spiro atoms. The van der Waals surface area contributed by atoms with Crippen molar-refractivity contribution in [2.24, 2.45) is 0 Å². The number of likely N-dealkylation sites (tertiary alicyclic amines) is 1. The Morgan fingerprint density at radius 2 is 2.11 bits per heavy atom. The molecule has 1 aromatic carbocycles. The van der Waals surface area contributed by atoms with E-state index in [1.165, 1.54) is 24.7 Å². The van der Waals surface area contributed by atoms with Crippen molar-refractivity contribution in [3.63, 3.8) is 0 Å². The Kier molecular flexibility index (Phi) is 4.88. The van der Waals surface area contributed by atoms with Crippen LogP contribution in [0.5, 0.6) is 0 Å². The predicted octanol–water partition coefficient (Wildman–Crippen LogP) is 2.25. The lowest BCUT2D eigenvalue weighted by Crippen LogP contribution is -2.24. The Bertz CT molecular complexity index is 968. The largest absolute Gasteiger partial charge is 0.472 e. The summed E-state index contributed by atoms with van der Waals surface area (Å²) in [6.07, 6.45) is 3.03. The highest BCUT2D eigenvalue weighted by Crippen LogP contribution is 2.27. The first-order valence-electron chi connectivity index (χ1n) is 8.73. The number of hydrogen-bond acceptors (Lipinski definition) is 6. The van der Waals surface area contributed by atoms with Crippen LogP contribution in [-0.4, -0.2) is 33.4 Å². The molecule has 1 atom stereocenters. The molecular weight excluding hydrogens is 367 g/mol. The van der Waals surface area contributed by atoms with Crippen LogP contribution in [0.4, 0.5) is 4.39 Å². The second-order valence-electron chi connectivity index (χ2n) is 6.54. The first-order chi connectivity index (χ1) is 13.6. The number of furan rings is 1. The van der Waals surface area contributed by atoms with Crippen molar-refractivity contribution < 1.29 is 22.9 Å². The second kappa shape index (κ2) is 7.63. The van der Waals surface area contributed by atoms with Gasteiger partial charge in [-0.05, 0) is 23.8 Å². The zero-order chi connectivity index (χ0) is 19.5. The molecule has 4 rings (SSSR count). The molecule has 8 nitrogen and oxygen atoms in total. The van der Waals surface area contributed by atoms with Crippen LogP contribution in [0.25, 0.3) is 0 Å². The minimum absolute atomic E-state index is 0.0195. The van der Waals surface area contributed by atoms with Crippen LogP contribution in [0.15, 0.2) is 51.8 Å². The molecule has 0 saturated carbocycles. The van der Waals surface area contributed by atoms with Crippen molar-refractivity contribution in [3.05, 3.63) is 71.5 Å². The quantitative estimate of drug-likeness (QED) is 0.699. The zero-order valence-corrected chi connectivity index (χ0v) is 14.8. The van der Waals surface area contributed by atoms with Crippen LogP contribution in [0, 0.1) is 5.82 Å². The molecule has 2 aromatic heterocycles. The summed E-state index contributed by atoms with van der Waals surface area (Å²) in [6.45, 7) is 0.939. The van der Waals surface area contributed by atoms with Crippen LogP contribution < -0.4 is 5.32 Å². The van der Waals surface area contributed by atoms with Gasteiger partial charge in [-0.25, -0.2) is 4.39 Å². The standard InChI is InChI=1S/C19H17FN4O4/c20-15-3-1-12(2-4-15)9-24-10-14(7-17(24)25)18-22-16(28-23-18)8-21-19(26)13-5-6-27-11-13/h1-6,11,14H,7-10H2,(H,21,26). The number of halogens is 1. The van der Waals surface area contributed by atoms with E-state index in [2.05, 4.69) is 15.5 Å². The van der Waals surface area contributed by atoms with E-state index in [4.69, 9.17) is 8.94 Å². The van der Waals surface area contributed by atoms with Gasteiger partial charge < -0.3 is 19.2 Å². The maximum Gasteiger partial charge on any atom is 0.254 e. The van der Waals surface area contributed by atoms with Crippen molar-refractivity contribution in [3.8, 4) is 0 Å². The fourth-order valence-electron chi connectivity index (χ4n) is 3.07. The van der Waals surface area contributed by atoms with Gasteiger partial charge in [0.1, 0.15) is 12.1 Å². The number of nitrogens with one attached hydrogen (secondary N) is 1. The minimum atomic E-state index is -0.312. The van der Waals surface area contributed by atoms with Crippen LogP contribution in [0.2, 0.25) is 0 Å². The van der Waals surface area contributed by atoms with Gasteiger partial charge in [-0.1, -0.05) is 17.3 Å².